The van der Waals surface area contributed by atoms with Gasteiger partial charge in [-0.15, -0.1) is 0 Å². The zero-order valence-corrected chi connectivity index (χ0v) is 6.78. The van der Waals surface area contributed by atoms with Gasteiger partial charge in [-0.1, -0.05) is 0 Å². The van der Waals surface area contributed by atoms with Gasteiger partial charge >= 0.3 is 38.2 Å². The molecule has 0 bridgehead atoms. The van der Waals surface area contributed by atoms with Crippen molar-refractivity contribution in [3.05, 3.63) is 0 Å². The van der Waals surface area contributed by atoms with Crippen LogP contribution < -0.4 is 10.6 Å². The number of hydrogen-bond donors (Lipinski definition) is 2. The summed E-state index contributed by atoms with van der Waals surface area (Å²) in [6, 6.07) is 0. The maximum atomic E-state index is 10.1. The van der Waals surface area contributed by atoms with Gasteiger partial charge in [-0.05, 0) is 13.3 Å². The Kier molecular flexibility index (Phi) is 6.09. The average Bonchev–Trinajstić information content (AvgIpc) is 1.89. The number of hydrogen-bond acceptors (Lipinski definition) is 4. The monoisotopic (exact) mass is 186 g/mol. The molecule has 0 aromatic heterocycles. The van der Waals surface area contributed by atoms with Crippen molar-refractivity contribution < 1.29 is 9.09 Å². The molecule has 11 heavy (non-hydrogen) atoms. The minimum absolute atomic E-state index is 0. The van der Waals surface area contributed by atoms with Crippen LogP contribution in [-0.4, -0.2) is 48.5 Å². The van der Waals surface area contributed by atoms with Crippen LogP contribution in [0.25, 0.3) is 0 Å². The summed E-state index contributed by atoms with van der Waals surface area (Å²) in [5.41, 5.74) is 0. The first-order valence-electron chi connectivity index (χ1n) is 3.28. The summed E-state index contributed by atoms with van der Waals surface area (Å²) in [6.45, 7) is 3.62. The van der Waals surface area contributed by atoms with Crippen LogP contribution in [-0.2, 0) is 9.09 Å². The van der Waals surface area contributed by atoms with E-state index in [-0.39, 0.29) is 38.2 Å². The molecule has 1 rings (SSSR count). The van der Waals surface area contributed by atoms with Crippen molar-refractivity contribution in [1.82, 2.24) is 10.6 Å². The standard InChI is InChI=1S/C5H11N2O2P.Na.H/c1-5(9-10-8)6-3-2-4-7-5;;/h6-7H,2-4H2,1H3;;. The molecule has 0 aliphatic carbocycles. The van der Waals surface area contributed by atoms with E-state index in [1.165, 1.54) is 0 Å². The second-order valence-corrected chi connectivity index (χ2v) is 2.74. The van der Waals surface area contributed by atoms with Crippen LogP contribution in [0.1, 0.15) is 13.3 Å². The third-order valence-electron chi connectivity index (χ3n) is 1.50. The fourth-order valence-electron chi connectivity index (χ4n) is 0.944. The Morgan fingerprint density at radius 3 is 2.45 bits per heavy atom. The van der Waals surface area contributed by atoms with E-state index < -0.39 is 5.85 Å². The molecule has 1 heterocycles. The molecule has 0 aromatic carbocycles. The molecule has 1 aliphatic heterocycles. The predicted molar refractivity (Wildman–Crippen MR) is 44.9 cm³/mol. The molecule has 4 nitrogen and oxygen atoms in total. The molecule has 1 saturated heterocycles. The third-order valence-corrected chi connectivity index (χ3v) is 1.94. The van der Waals surface area contributed by atoms with Gasteiger partial charge in [-0.25, -0.2) is 4.57 Å². The van der Waals surface area contributed by atoms with E-state index in [1.807, 2.05) is 6.92 Å². The van der Waals surface area contributed by atoms with Crippen molar-refractivity contribution in [1.29, 1.82) is 0 Å². The van der Waals surface area contributed by atoms with Crippen LogP contribution >= 0.6 is 8.69 Å². The van der Waals surface area contributed by atoms with Crippen LogP contribution in [0.3, 0.4) is 0 Å². The van der Waals surface area contributed by atoms with E-state index in [0.717, 1.165) is 19.5 Å². The molecular formula is C5H12N2NaO2P. The van der Waals surface area contributed by atoms with E-state index in [9.17, 15) is 4.57 Å². The molecular weight excluding hydrogens is 174 g/mol. The maximum absolute atomic E-state index is 10.1. The Bertz CT molecular complexity index is 130. The summed E-state index contributed by atoms with van der Waals surface area (Å²) in [5.74, 6) is -0.596. The zero-order valence-electron chi connectivity index (χ0n) is 5.89. The molecule has 0 saturated carbocycles. The van der Waals surface area contributed by atoms with E-state index >= 15 is 0 Å². The normalized spacial score (nSPS) is 22.6. The molecule has 6 heteroatoms. The average molecular weight is 186 g/mol. The van der Waals surface area contributed by atoms with E-state index in [2.05, 4.69) is 10.6 Å². The molecule has 0 spiro atoms. The van der Waals surface area contributed by atoms with E-state index in [4.69, 9.17) is 4.52 Å². The Morgan fingerprint density at radius 1 is 1.45 bits per heavy atom. The predicted octanol–water partition coefficient (Wildman–Crippen LogP) is -0.182. The molecule has 2 N–H and O–H groups in total. The fraction of sp³-hybridized carbons (Fsp3) is 1.00. The number of rotatable bonds is 2. The molecule has 0 aromatic rings. The molecule has 0 unspecified atom stereocenters. The van der Waals surface area contributed by atoms with Crippen molar-refractivity contribution in [3.63, 3.8) is 0 Å². The van der Waals surface area contributed by atoms with Gasteiger partial charge in [0.25, 0.3) is 0 Å². The summed E-state index contributed by atoms with van der Waals surface area (Å²) < 4.78 is 14.9. The third kappa shape index (κ3) is 3.95. The summed E-state index contributed by atoms with van der Waals surface area (Å²) in [5, 5.41) is 6.11. The fourth-order valence-corrected chi connectivity index (χ4v) is 1.22. The summed E-state index contributed by atoms with van der Waals surface area (Å²) in [7, 11) is -0.292. The van der Waals surface area contributed by atoms with Gasteiger partial charge in [0, 0.05) is 13.1 Å². The van der Waals surface area contributed by atoms with Crippen LogP contribution in [0.15, 0.2) is 0 Å². The van der Waals surface area contributed by atoms with Gasteiger partial charge < -0.3 is 0 Å². The first kappa shape index (κ1) is 12.0. The summed E-state index contributed by atoms with van der Waals surface area (Å²) >= 11 is 0. The van der Waals surface area contributed by atoms with Crippen LogP contribution in [0.5, 0.6) is 0 Å². The summed E-state index contributed by atoms with van der Waals surface area (Å²) in [6.07, 6.45) is 1.08. The molecule has 0 amide bonds. The van der Waals surface area contributed by atoms with Gasteiger partial charge in [0.2, 0.25) is 0 Å². The van der Waals surface area contributed by atoms with Crippen molar-refractivity contribution in [2.75, 3.05) is 13.1 Å². The summed E-state index contributed by atoms with van der Waals surface area (Å²) in [4.78, 5) is 0. The molecule has 0 radical (unpaired) electrons. The molecule has 1 aliphatic rings. The number of nitrogens with one attached hydrogen (secondary N) is 2. The topological polar surface area (TPSA) is 50.4 Å². The van der Waals surface area contributed by atoms with Crippen molar-refractivity contribution in [2.24, 2.45) is 0 Å². The molecule has 1 fully saturated rings. The Labute approximate surface area is 90.0 Å². The second kappa shape index (κ2) is 5.60. The van der Waals surface area contributed by atoms with Crippen LogP contribution in [0.2, 0.25) is 0 Å². The Balaban J connectivity index is 0.000001000. The van der Waals surface area contributed by atoms with Crippen LogP contribution in [0.4, 0.5) is 0 Å². The quantitative estimate of drug-likeness (QED) is 0.464. The van der Waals surface area contributed by atoms with Crippen molar-refractivity contribution >= 4 is 38.2 Å². The second-order valence-electron chi connectivity index (χ2n) is 2.41. The van der Waals surface area contributed by atoms with Gasteiger partial charge in [-0.3, -0.25) is 15.2 Å². The van der Waals surface area contributed by atoms with Gasteiger partial charge in [-0.2, -0.15) is 0 Å². The van der Waals surface area contributed by atoms with Crippen molar-refractivity contribution in [2.45, 2.75) is 19.2 Å². The first-order chi connectivity index (χ1) is 4.77. The van der Waals surface area contributed by atoms with Gasteiger partial charge in [0.05, 0.1) is 0 Å². The van der Waals surface area contributed by atoms with E-state index in [1.54, 1.807) is 0 Å². The SMILES string of the molecule is CC1(OP=O)NCCCN1.[NaH]. The minimum atomic E-state index is -0.596. The zero-order chi connectivity index (χ0) is 7.45. The molecule has 0 atom stereocenters. The Hall–Kier alpha value is 0.980. The Morgan fingerprint density at radius 2 is 2.00 bits per heavy atom. The molecule has 60 valence electrons. The van der Waals surface area contributed by atoms with E-state index in [0.29, 0.717) is 0 Å². The van der Waals surface area contributed by atoms with Gasteiger partial charge in [0.15, 0.2) is 5.85 Å². The van der Waals surface area contributed by atoms with Crippen LogP contribution in [0, 0.1) is 0 Å². The van der Waals surface area contributed by atoms with Crippen molar-refractivity contribution in [3.8, 4) is 0 Å². The van der Waals surface area contributed by atoms with Gasteiger partial charge in [0.1, 0.15) is 0 Å². The first-order valence-corrected chi connectivity index (χ1v) is 4.01.